The Hall–Kier alpha value is -3.07. The van der Waals surface area contributed by atoms with E-state index in [9.17, 15) is 9.90 Å². The number of carbonyl (C=O) groups excluding carboxylic acids is 1. The van der Waals surface area contributed by atoms with Crippen LogP contribution in [0.4, 0.5) is 10.6 Å². The molecule has 0 aliphatic carbocycles. The van der Waals surface area contributed by atoms with Crippen LogP contribution in [0, 0.1) is 0 Å². The number of hydrogen-bond acceptors (Lipinski definition) is 7. The molecule has 9 heteroatoms. The Morgan fingerprint density at radius 1 is 1.31 bits per heavy atom. The van der Waals surface area contributed by atoms with Crippen molar-refractivity contribution < 1.29 is 14.6 Å². The number of ether oxygens (including phenoxy) is 1. The Labute approximate surface area is 155 Å². The first-order chi connectivity index (χ1) is 12.5. The number of anilines is 1. The van der Waals surface area contributed by atoms with Gasteiger partial charge in [-0.15, -0.1) is 0 Å². The first kappa shape index (κ1) is 17.7. The molecule has 0 radical (unpaired) electrons. The monoisotopic (exact) mass is 371 g/mol. The predicted octanol–water partition coefficient (Wildman–Crippen LogP) is 3.10. The number of phenols is 1. The number of carbonyl (C=O) groups is 1. The molecule has 2 aromatic heterocycles. The Balaban J connectivity index is 1.95. The lowest BCUT2D eigenvalue weighted by molar-refractivity contribution is 0.240. The second-order valence-electron chi connectivity index (χ2n) is 5.33. The SMILES string of the molecule is CCN(S)C(=O)Nc1ccc2ncc(-c3ccc(O)c(OC)c3)nc2n1. The quantitative estimate of drug-likeness (QED) is 0.609. The van der Waals surface area contributed by atoms with Crippen molar-refractivity contribution in [2.24, 2.45) is 0 Å². The minimum atomic E-state index is -0.380. The van der Waals surface area contributed by atoms with Crippen LogP contribution in [0.2, 0.25) is 0 Å². The molecule has 0 unspecified atom stereocenters. The van der Waals surface area contributed by atoms with Gasteiger partial charge in [-0.3, -0.25) is 14.6 Å². The van der Waals surface area contributed by atoms with Crippen LogP contribution >= 0.6 is 12.8 Å². The number of methoxy groups -OCH3 is 1. The molecule has 0 atom stereocenters. The Morgan fingerprint density at radius 3 is 2.85 bits per heavy atom. The average molecular weight is 371 g/mol. The molecular formula is C17H17N5O3S. The molecule has 0 aliphatic heterocycles. The number of benzene rings is 1. The van der Waals surface area contributed by atoms with Crippen LogP contribution < -0.4 is 10.1 Å². The van der Waals surface area contributed by atoms with E-state index in [-0.39, 0.29) is 11.8 Å². The van der Waals surface area contributed by atoms with Gasteiger partial charge < -0.3 is 9.84 Å². The third-order valence-corrected chi connectivity index (χ3v) is 4.12. The van der Waals surface area contributed by atoms with Crippen molar-refractivity contribution in [3.05, 3.63) is 36.5 Å². The number of rotatable bonds is 4. The van der Waals surface area contributed by atoms with Gasteiger partial charge in [-0.25, -0.2) is 14.8 Å². The van der Waals surface area contributed by atoms with Gasteiger partial charge in [-0.05, 0) is 37.3 Å². The third-order valence-electron chi connectivity index (χ3n) is 3.65. The second-order valence-corrected chi connectivity index (χ2v) is 5.81. The molecule has 134 valence electrons. The van der Waals surface area contributed by atoms with Crippen molar-refractivity contribution in [1.29, 1.82) is 0 Å². The number of pyridine rings is 1. The first-order valence-electron chi connectivity index (χ1n) is 7.80. The normalized spacial score (nSPS) is 10.6. The van der Waals surface area contributed by atoms with Crippen molar-refractivity contribution in [1.82, 2.24) is 19.3 Å². The van der Waals surface area contributed by atoms with E-state index < -0.39 is 0 Å². The van der Waals surface area contributed by atoms with Crippen LogP contribution in [-0.2, 0) is 0 Å². The largest absolute Gasteiger partial charge is 0.504 e. The molecular weight excluding hydrogens is 354 g/mol. The van der Waals surface area contributed by atoms with Crippen molar-refractivity contribution in [3.63, 3.8) is 0 Å². The maximum absolute atomic E-state index is 11.9. The van der Waals surface area contributed by atoms with Gasteiger partial charge in [-0.2, -0.15) is 0 Å². The predicted molar refractivity (Wildman–Crippen MR) is 101 cm³/mol. The maximum Gasteiger partial charge on any atom is 0.332 e. The van der Waals surface area contributed by atoms with Gasteiger partial charge in [0.1, 0.15) is 11.3 Å². The number of fused-ring (bicyclic) bond motifs is 1. The molecule has 0 saturated carbocycles. The Morgan fingerprint density at radius 2 is 2.12 bits per heavy atom. The summed E-state index contributed by atoms with van der Waals surface area (Å²) in [6.45, 7) is 2.26. The Kier molecular flexibility index (Phi) is 5.08. The van der Waals surface area contributed by atoms with Gasteiger partial charge in [0.15, 0.2) is 17.1 Å². The van der Waals surface area contributed by atoms with E-state index in [0.717, 1.165) is 5.56 Å². The van der Waals surface area contributed by atoms with Crippen LogP contribution in [0.1, 0.15) is 6.92 Å². The minimum absolute atomic E-state index is 0.0420. The van der Waals surface area contributed by atoms with E-state index in [1.54, 1.807) is 30.5 Å². The number of hydrogen-bond donors (Lipinski definition) is 3. The standard InChI is InChI=1S/C17H17N5O3S/c1-3-22(26)17(24)21-15-7-5-11-16(20-15)19-12(9-18-11)10-4-6-13(23)14(8-10)25-2/h4-9,23,26H,3H2,1-2H3,(H,19,20,21,24). The fourth-order valence-corrected chi connectivity index (χ4v) is 2.31. The second kappa shape index (κ2) is 7.44. The van der Waals surface area contributed by atoms with E-state index in [1.807, 2.05) is 6.92 Å². The van der Waals surface area contributed by atoms with Crippen molar-refractivity contribution in [2.45, 2.75) is 6.92 Å². The fourth-order valence-electron chi connectivity index (χ4n) is 2.26. The molecule has 2 heterocycles. The highest BCUT2D eigenvalue weighted by molar-refractivity contribution is 7.78. The Bertz CT molecular complexity index is 966. The summed E-state index contributed by atoms with van der Waals surface area (Å²) in [6.07, 6.45) is 1.61. The molecule has 0 aliphatic rings. The van der Waals surface area contributed by atoms with Crippen molar-refractivity contribution in [3.8, 4) is 22.8 Å². The van der Waals surface area contributed by atoms with Gasteiger partial charge in [0.2, 0.25) is 0 Å². The number of thiol groups is 1. The maximum atomic E-state index is 11.9. The molecule has 8 nitrogen and oxygen atoms in total. The highest BCUT2D eigenvalue weighted by Gasteiger charge is 2.11. The smallest absolute Gasteiger partial charge is 0.332 e. The van der Waals surface area contributed by atoms with Gasteiger partial charge in [0.05, 0.1) is 19.0 Å². The zero-order valence-corrected chi connectivity index (χ0v) is 15.1. The van der Waals surface area contributed by atoms with Gasteiger partial charge in [0, 0.05) is 12.1 Å². The molecule has 2 N–H and O–H groups in total. The molecule has 3 aromatic rings. The van der Waals surface area contributed by atoms with Crippen LogP contribution in [0.5, 0.6) is 11.5 Å². The van der Waals surface area contributed by atoms with Crippen LogP contribution in [0.3, 0.4) is 0 Å². The van der Waals surface area contributed by atoms with Gasteiger partial charge in [-0.1, -0.05) is 12.8 Å². The number of nitrogens with one attached hydrogen (secondary N) is 1. The number of phenolic OH excluding ortho intramolecular Hbond substituents is 1. The van der Waals surface area contributed by atoms with E-state index in [1.165, 1.54) is 17.5 Å². The fraction of sp³-hybridized carbons (Fsp3) is 0.176. The average Bonchev–Trinajstić information content (AvgIpc) is 2.67. The number of aromatic hydroxyl groups is 1. The van der Waals surface area contributed by atoms with E-state index >= 15 is 0 Å². The van der Waals surface area contributed by atoms with Crippen molar-refractivity contribution >= 4 is 35.8 Å². The summed E-state index contributed by atoms with van der Waals surface area (Å²) in [5, 5.41) is 12.4. The topological polar surface area (TPSA) is 100 Å². The highest BCUT2D eigenvalue weighted by Crippen LogP contribution is 2.30. The third kappa shape index (κ3) is 3.62. The summed E-state index contributed by atoms with van der Waals surface area (Å²) in [5.41, 5.74) is 2.26. The van der Waals surface area contributed by atoms with Crippen molar-refractivity contribution in [2.75, 3.05) is 19.0 Å². The summed E-state index contributed by atoms with van der Waals surface area (Å²) in [7, 11) is 1.47. The molecule has 0 spiro atoms. The summed E-state index contributed by atoms with van der Waals surface area (Å²) in [4.78, 5) is 25.1. The summed E-state index contributed by atoms with van der Waals surface area (Å²) in [5.74, 6) is 0.733. The first-order valence-corrected chi connectivity index (χ1v) is 8.20. The number of aromatic nitrogens is 3. The lowest BCUT2D eigenvalue weighted by Crippen LogP contribution is -2.27. The van der Waals surface area contributed by atoms with E-state index in [4.69, 9.17) is 4.74 Å². The van der Waals surface area contributed by atoms with Crippen LogP contribution in [-0.4, -0.2) is 44.0 Å². The number of nitrogens with zero attached hydrogens (tertiary/aromatic N) is 4. The molecule has 1 aromatic carbocycles. The molecule has 26 heavy (non-hydrogen) atoms. The van der Waals surface area contributed by atoms with Gasteiger partial charge >= 0.3 is 6.03 Å². The van der Waals surface area contributed by atoms with Crippen LogP contribution in [0.25, 0.3) is 22.4 Å². The molecule has 3 rings (SSSR count). The molecule has 0 bridgehead atoms. The van der Waals surface area contributed by atoms with Gasteiger partial charge in [0.25, 0.3) is 0 Å². The lowest BCUT2D eigenvalue weighted by atomic mass is 10.1. The van der Waals surface area contributed by atoms with Crippen LogP contribution in [0.15, 0.2) is 36.5 Å². The number of amides is 2. The number of urea groups is 1. The lowest BCUT2D eigenvalue weighted by Gasteiger charge is -2.13. The molecule has 0 fully saturated rings. The molecule has 0 saturated heterocycles. The summed E-state index contributed by atoms with van der Waals surface area (Å²) >= 11 is 4.05. The van der Waals surface area contributed by atoms with E-state index in [2.05, 4.69) is 33.1 Å². The zero-order chi connectivity index (χ0) is 18.7. The summed E-state index contributed by atoms with van der Waals surface area (Å²) < 4.78 is 6.35. The highest BCUT2D eigenvalue weighted by atomic mass is 32.1. The summed E-state index contributed by atoms with van der Waals surface area (Å²) in [6, 6.07) is 7.89. The minimum Gasteiger partial charge on any atom is -0.504 e. The molecule has 2 amide bonds. The van der Waals surface area contributed by atoms with E-state index in [0.29, 0.717) is 35.0 Å². The zero-order valence-electron chi connectivity index (χ0n) is 14.2.